The van der Waals surface area contributed by atoms with Crippen LogP contribution in [-0.4, -0.2) is 96.7 Å². The van der Waals surface area contributed by atoms with Gasteiger partial charge in [-0.2, -0.15) is 0 Å². The second-order valence-electron chi connectivity index (χ2n) is 28.3. The normalized spacial score (nSPS) is 14.2. The van der Waals surface area contributed by atoms with E-state index >= 15 is 0 Å². The van der Waals surface area contributed by atoms with Gasteiger partial charge in [0, 0.05) is 25.7 Å². The van der Waals surface area contributed by atoms with Crippen molar-refractivity contribution in [2.45, 2.75) is 432 Å². The Labute approximate surface area is 594 Å². The van der Waals surface area contributed by atoms with Gasteiger partial charge in [-0.05, 0) is 31.6 Å². The molecular weight excluding hydrogens is 1270 g/mol. The van der Waals surface area contributed by atoms with Crippen LogP contribution in [0.25, 0.3) is 0 Å². The summed E-state index contributed by atoms with van der Waals surface area (Å²) in [5.41, 5.74) is 0. The predicted octanol–water partition coefficient (Wildman–Crippen LogP) is 23.3. The highest BCUT2D eigenvalue weighted by Gasteiger charge is 2.30. The van der Waals surface area contributed by atoms with Gasteiger partial charge >= 0.3 is 39.5 Å². The third-order valence-corrected chi connectivity index (χ3v) is 20.5. The summed E-state index contributed by atoms with van der Waals surface area (Å²) >= 11 is 0. The predicted molar refractivity (Wildman–Crippen MR) is 395 cm³/mol. The first-order chi connectivity index (χ1) is 47.1. The molecule has 0 aliphatic heterocycles. The Hall–Kier alpha value is -1.94. The van der Waals surface area contributed by atoms with Crippen molar-refractivity contribution in [1.82, 2.24) is 0 Å². The van der Waals surface area contributed by atoms with Gasteiger partial charge in [0.15, 0.2) is 12.2 Å². The second kappa shape index (κ2) is 71.1. The summed E-state index contributed by atoms with van der Waals surface area (Å²) in [6, 6.07) is 0. The van der Waals surface area contributed by atoms with E-state index in [9.17, 15) is 43.2 Å². The molecule has 0 aliphatic carbocycles. The number of aliphatic hydroxyl groups is 1. The Morgan fingerprint density at radius 2 is 0.495 bits per heavy atom. The SMILES string of the molecule is CCCCCCCCCCCCCCCCCCCC(=O)OC[C@H](COP(=O)(O)OC[C@@H](O)COP(=O)(O)OC[C@@H](COC(=O)CCCCCCCCCCC)OC(=O)CCCCCCCCCCCCC(C)CC)OC(=O)CCCCCCCCCCCCCCCCCCC. The molecule has 0 fully saturated rings. The van der Waals surface area contributed by atoms with Crippen LogP contribution in [0.3, 0.4) is 0 Å². The molecule has 0 rings (SSSR count). The van der Waals surface area contributed by atoms with Crippen molar-refractivity contribution in [3.63, 3.8) is 0 Å². The Morgan fingerprint density at radius 3 is 0.732 bits per heavy atom. The molecule has 0 aromatic rings. The lowest BCUT2D eigenvalue weighted by Gasteiger charge is -2.21. The molecule has 0 saturated heterocycles. The number of rotatable bonds is 78. The van der Waals surface area contributed by atoms with Gasteiger partial charge in [-0.25, -0.2) is 9.13 Å². The smallest absolute Gasteiger partial charge is 0.462 e. The van der Waals surface area contributed by atoms with Crippen LogP contribution >= 0.6 is 15.6 Å². The van der Waals surface area contributed by atoms with Gasteiger partial charge in [-0.1, -0.05) is 362 Å². The highest BCUT2D eigenvalue weighted by molar-refractivity contribution is 7.47. The zero-order valence-electron chi connectivity index (χ0n) is 63.2. The number of aliphatic hydroxyl groups excluding tert-OH is 1. The summed E-state index contributed by atoms with van der Waals surface area (Å²) in [5.74, 6) is -1.31. The third kappa shape index (κ3) is 70.9. The lowest BCUT2D eigenvalue weighted by Crippen LogP contribution is -2.30. The maximum atomic E-state index is 13.1. The molecule has 97 heavy (non-hydrogen) atoms. The summed E-state index contributed by atoms with van der Waals surface area (Å²) in [7, 11) is -9.91. The van der Waals surface area contributed by atoms with Crippen molar-refractivity contribution in [2.75, 3.05) is 39.6 Å². The molecule has 0 saturated carbocycles. The van der Waals surface area contributed by atoms with Gasteiger partial charge in [-0.3, -0.25) is 37.3 Å². The second-order valence-corrected chi connectivity index (χ2v) is 31.3. The molecule has 576 valence electrons. The van der Waals surface area contributed by atoms with E-state index in [0.29, 0.717) is 25.7 Å². The largest absolute Gasteiger partial charge is 0.472 e. The van der Waals surface area contributed by atoms with E-state index in [-0.39, 0.29) is 25.7 Å². The van der Waals surface area contributed by atoms with E-state index < -0.39 is 97.5 Å². The number of hydrogen-bond donors (Lipinski definition) is 3. The zero-order chi connectivity index (χ0) is 71.2. The van der Waals surface area contributed by atoms with E-state index in [1.807, 2.05) is 0 Å². The molecule has 0 spiro atoms. The highest BCUT2D eigenvalue weighted by Crippen LogP contribution is 2.45. The Balaban J connectivity index is 5.23. The van der Waals surface area contributed by atoms with E-state index in [1.54, 1.807) is 0 Å². The number of esters is 4. The summed E-state index contributed by atoms with van der Waals surface area (Å²) < 4.78 is 68.6. The van der Waals surface area contributed by atoms with Crippen LogP contribution in [0.15, 0.2) is 0 Å². The maximum absolute atomic E-state index is 13.1. The van der Waals surface area contributed by atoms with Crippen LogP contribution in [0.4, 0.5) is 0 Å². The molecule has 3 N–H and O–H groups in total. The standard InChI is InChI=1S/C78H152O17P2/c1-6-10-13-16-19-22-24-26-28-30-32-34-36-42-47-52-57-62-76(81)89-68-74(94-77(82)63-58-53-48-43-37-35-33-31-29-27-25-23-20-17-14-11-7-2)70-93-97(86,87)91-66-72(79)65-90-96(84,85)92-69-73(67-88-75(80)61-56-51-46-40-21-18-15-12-8-3)95-78(83)64-59-54-49-44-39-38-41-45-50-55-60-71(5)9-4/h71-74,79H,6-70H2,1-5H3,(H,84,85)(H,86,87)/t71?,72-,73+,74+/m0/s1. The number of carbonyl (C=O) groups is 4. The Bertz CT molecular complexity index is 1860. The molecular formula is C78H152O17P2. The number of carbonyl (C=O) groups excluding carboxylic acids is 4. The molecule has 0 aromatic carbocycles. The fourth-order valence-corrected chi connectivity index (χ4v) is 13.6. The number of phosphoric acid groups is 2. The topological polar surface area (TPSA) is 237 Å². The van der Waals surface area contributed by atoms with Gasteiger partial charge in [0.1, 0.15) is 19.3 Å². The molecule has 17 nitrogen and oxygen atoms in total. The zero-order valence-corrected chi connectivity index (χ0v) is 65.0. The first kappa shape index (κ1) is 95.1. The van der Waals surface area contributed by atoms with Crippen molar-refractivity contribution in [3.8, 4) is 0 Å². The monoisotopic (exact) mass is 1420 g/mol. The molecule has 3 unspecified atom stereocenters. The Kier molecular flexibility index (Phi) is 69.6. The molecule has 0 amide bonds. The molecule has 0 aromatic heterocycles. The van der Waals surface area contributed by atoms with Crippen molar-refractivity contribution < 1.29 is 80.2 Å². The molecule has 0 heterocycles. The fraction of sp³-hybridized carbons (Fsp3) is 0.949. The van der Waals surface area contributed by atoms with Gasteiger partial charge in [0.25, 0.3) is 0 Å². The summed E-state index contributed by atoms with van der Waals surface area (Å²) in [6.07, 6.45) is 60.9. The van der Waals surface area contributed by atoms with Crippen molar-refractivity contribution >= 4 is 39.5 Å². The summed E-state index contributed by atoms with van der Waals surface area (Å²) in [4.78, 5) is 72.9. The molecule has 6 atom stereocenters. The van der Waals surface area contributed by atoms with Crippen LogP contribution in [0.5, 0.6) is 0 Å². The minimum atomic E-state index is -4.96. The number of phosphoric ester groups is 2. The first-order valence-electron chi connectivity index (χ1n) is 40.7. The quantitative estimate of drug-likeness (QED) is 0.0222. The fourth-order valence-electron chi connectivity index (χ4n) is 12.0. The first-order valence-corrected chi connectivity index (χ1v) is 43.7. The summed E-state index contributed by atoms with van der Waals surface area (Å²) in [5, 5.41) is 10.6. The van der Waals surface area contributed by atoms with Crippen LogP contribution in [-0.2, 0) is 65.4 Å². The molecule has 0 bridgehead atoms. The van der Waals surface area contributed by atoms with Crippen molar-refractivity contribution in [2.24, 2.45) is 5.92 Å². The highest BCUT2D eigenvalue weighted by atomic mass is 31.2. The average Bonchev–Trinajstić information content (AvgIpc) is 1.19. The minimum Gasteiger partial charge on any atom is -0.462 e. The van der Waals surface area contributed by atoms with Crippen LogP contribution in [0.1, 0.15) is 413 Å². The summed E-state index contributed by atoms with van der Waals surface area (Å²) in [6.45, 7) is 7.32. The average molecular weight is 1420 g/mol. The molecule has 0 aliphatic rings. The van der Waals surface area contributed by atoms with Crippen molar-refractivity contribution in [3.05, 3.63) is 0 Å². The maximum Gasteiger partial charge on any atom is 0.472 e. The van der Waals surface area contributed by atoms with Gasteiger partial charge in [-0.15, -0.1) is 0 Å². The number of hydrogen-bond acceptors (Lipinski definition) is 15. The van der Waals surface area contributed by atoms with E-state index in [0.717, 1.165) is 95.8 Å². The number of ether oxygens (including phenoxy) is 4. The van der Waals surface area contributed by atoms with Gasteiger partial charge in [0.05, 0.1) is 26.4 Å². The minimum absolute atomic E-state index is 0.107. The van der Waals surface area contributed by atoms with Crippen LogP contribution < -0.4 is 0 Å². The van der Waals surface area contributed by atoms with Gasteiger partial charge in [0.2, 0.25) is 0 Å². The third-order valence-electron chi connectivity index (χ3n) is 18.6. The van der Waals surface area contributed by atoms with E-state index in [4.69, 9.17) is 37.0 Å². The van der Waals surface area contributed by atoms with Crippen LogP contribution in [0.2, 0.25) is 0 Å². The lowest BCUT2D eigenvalue weighted by molar-refractivity contribution is -0.161. The Morgan fingerprint density at radius 1 is 0.289 bits per heavy atom. The molecule has 0 radical (unpaired) electrons. The van der Waals surface area contributed by atoms with E-state index in [1.165, 1.54) is 238 Å². The molecule has 19 heteroatoms. The van der Waals surface area contributed by atoms with Gasteiger partial charge < -0.3 is 33.8 Å². The van der Waals surface area contributed by atoms with Crippen LogP contribution in [0, 0.1) is 5.92 Å². The van der Waals surface area contributed by atoms with E-state index in [2.05, 4.69) is 34.6 Å². The number of unbranched alkanes of at least 4 members (excludes halogenated alkanes) is 49. The lowest BCUT2D eigenvalue weighted by atomic mass is 9.99. The van der Waals surface area contributed by atoms with Crippen molar-refractivity contribution in [1.29, 1.82) is 0 Å².